The molecule has 0 aromatic carbocycles. The van der Waals surface area contributed by atoms with E-state index in [9.17, 15) is 4.79 Å². The van der Waals surface area contributed by atoms with Crippen molar-refractivity contribution >= 4 is 34.2 Å². The Hall–Kier alpha value is -0.570. The number of hydrogen-bond acceptors (Lipinski definition) is 3. The first-order valence-corrected chi connectivity index (χ1v) is 3.39. The van der Waals surface area contributed by atoms with Gasteiger partial charge in [-0.25, -0.2) is 0 Å². The van der Waals surface area contributed by atoms with Gasteiger partial charge in [0.2, 0.25) is 0 Å². The van der Waals surface area contributed by atoms with E-state index in [1.54, 1.807) is 0 Å². The standard InChI is InChI=1S/C5H3NOS2/c1-2-3-4(7)6-5(8)9-3/h1H2,(H,6,7,8). The summed E-state index contributed by atoms with van der Waals surface area (Å²) in [6.07, 6.45) is 0. The highest BCUT2D eigenvalue weighted by Crippen LogP contribution is 2.21. The van der Waals surface area contributed by atoms with E-state index in [0.29, 0.717) is 9.23 Å². The number of thiocarbonyl (C=S) groups is 1. The van der Waals surface area contributed by atoms with Crippen molar-refractivity contribution in [2.75, 3.05) is 0 Å². The van der Waals surface area contributed by atoms with Gasteiger partial charge in [0.1, 0.15) is 9.23 Å². The molecule has 9 heavy (non-hydrogen) atoms. The summed E-state index contributed by atoms with van der Waals surface area (Å²) in [6, 6.07) is 0. The predicted molar refractivity (Wildman–Crippen MR) is 41.0 cm³/mol. The third-order valence-electron chi connectivity index (χ3n) is 0.777. The molecule has 4 heteroatoms. The molecule has 0 aliphatic carbocycles. The number of nitrogens with one attached hydrogen (secondary N) is 1. The molecular weight excluding hydrogens is 154 g/mol. The average Bonchev–Trinajstić information content (AvgIpc) is 2.10. The van der Waals surface area contributed by atoms with E-state index in [2.05, 4.69) is 29.8 Å². The van der Waals surface area contributed by atoms with Gasteiger partial charge in [-0.2, -0.15) is 0 Å². The van der Waals surface area contributed by atoms with Crippen LogP contribution in [0.2, 0.25) is 0 Å². The van der Waals surface area contributed by atoms with Crippen LogP contribution in [0.15, 0.2) is 17.2 Å². The molecule has 1 amide bonds. The lowest BCUT2D eigenvalue weighted by molar-refractivity contribution is -0.115. The first-order chi connectivity index (χ1) is 4.24. The van der Waals surface area contributed by atoms with E-state index in [1.807, 2.05) is 0 Å². The highest BCUT2D eigenvalue weighted by Gasteiger charge is 2.20. The van der Waals surface area contributed by atoms with Crippen LogP contribution in [0.3, 0.4) is 0 Å². The van der Waals surface area contributed by atoms with Crippen molar-refractivity contribution in [1.82, 2.24) is 5.32 Å². The van der Waals surface area contributed by atoms with Crippen LogP contribution >= 0.6 is 24.0 Å². The molecule has 1 saturated heterocycles. The lowest BCUT2D eigenvalue weighted by Crippen LogP contribution is -2.17. The Morgan fingerprint density at radius 3 is 2.67 bits per heavy atom. The first-order valence-electron chi connectivity index (χ1n) is 2.17. The molecule has 0 unspecified atom stereocenters. The van der Waals surface area contributed by atoms with Crippen LogP contribution < -0.4 is 5.32 Å². The number of hydrogen-bond donors (Lipinski definition) is 1. The summed E-state index contributed by atoms with van der Waals surface area (Å²) in [5.74, 6) is -0.194. The lowest BCUT2D eigenvalue weighted by Gasteiger charge is -1.81. The van der Waals surface area contributed by atoms with Crippen molar-refractivity contribution in [3.05, 3.63) is 17.2 Å². The van der Waals surface area contributed by atoms with Gasteiger partial charge in [0.05, 0.1) is 0 Å². The predicted octanol–water partition coefficient (Wildman–Crippen LogP) is 0.803. The molecular formula is C5H3NOS2. The Morgan fingerprint density at radius 2 is 2.44 bits per heavy atom. The van der Waals surface area contributed by atoms with Gasteiger partial charge in [0.25, 0.3) is 5.91 Å². The van der Waals surface area contributed by atoms with Gasteiger partial charge >= 0.3 is 0 Å². The second-order valence-electron chi connectivity index (χ2n) is 1.35. The number of thioether (sulfide) groups is 1. The van der Waals surface area contributed by atoms with E-state index < -0.39 is 0 Å². The fourth-order valence-corrected chi connectivity index (χ4v) is 1.32. The Bertz CT molecular complexity index is 227. The lowest BCUT2D eigenvalue weighted by atomic mass is 10.5. The van der Waals surface area contributed by atoms with Crippen LogP contribution in [0.1, 0.15) is 0 Å². The molecule has 0 aromatic rings. The van der Waals surface area contributed by atoms with Crippen molar-refractivity contribution < 1.29 is 4.79 Å². The van der Waals surface area contributed by atoms with E-state index in [1.165, 1.54) is 11.8 Å². The maximum absolute atomic E-state index is 10.7. The van der Waals surface area contributed by atoms with Gasteiger partial charge in [0.15, 0.2) is 0 Å². The largest absolute Gasteiger partial charge is 0.306 e. The fourth-order valence-electron chi connectivity index (χ4n) is 0.430. The van der Waals surface area contributed by atoms with Gasteiger partial charge in [-0.15, -0.1) is 5.73 Å². The average molecular weight is 157 g/mol. The summed E-state index contributed by atoms with van der Waals surface area (Å²) in [5.41, 5.74) is 2.47. The van der Waals surface area contributed by atoms with Crippen molar-refractivity contribution in [3.8, 4) is 0 Å². The highest BCUT2D eigenvalue weighted by molar-refractivity contribution is 8.26. The molecule has 0 radical (unpaired) electrons. The molecule has 1 aliphatic heterocycles. The minimum Gasteiger partial charge on any atom is -0.306 e. The van der Waals surface area contributed by atoms with Gasteiger partial charge < -0.3 is 5.32 Å². The van der Waals surface area contributed by atoms with Gasteiger partial charge in [0, 0.05) is 0 Å². The molecule has 0 aromatic heterocycles. The molecule has 1 rings (SSSR count). The molecule has 46 valence electrons. The number of carbonyl (C=O) groups excluding carboxylic acids is 1. The molecule has 0 saturated carbocycles. The van der Waals surface area contributed by atoms with E-state index in [0.717, 1.165) is 0 Å². The van der Waals surface area contributed by atoms with Crippen LogP contribution in [0.5, 0.6) is 0 Å². The second-order valence-corrected chi connectivity index (χ2v) is 3.04. The van der Waals surface area contributed by atoms with Crippen LogP contribution in [0.25, 0.3) is 0 Å². The molecule has 0 spiro atoms. The Morgan fingerprint density at radius 1 is 1.78 bits per heavy atom. The Kier molecular flexibility index (Phi) is 1.71. The van der Waals surface area contributed by atoms with Crippen LogP contribution in [-0.4, -0.2) is 10.2 Å². The monoisotopic (exact) mass is 157 g/mol. The number of rotatable bonds is 0. The quantitative estimate of drug-likeness (QED) is 0.320. The summed E-state index contributed by atoms with van der Waals surface area (Å²) < 4.78 is 0.478. The summed E-state index contributed by atoms with van der Waals surface area (Å²) in [6.45, 7) is 3.32. The van der Waals surface area contributed by atoms with Crippen LogP contribution in [0, 0.1) is 0 Å². The minimum absolute atomic E-state index is 0.194. The fraction of sp³-hybridized carbons (Fsp3) is 0. The first kappa shape index (κ1) is 6.55. The van der Waals surface area contributed by atoms with Gasteiger partial charge in [-0.3, -0.25) is 4.79 Å². The summed E-state index contributed by atoms with van der Waals surface area (Å²) >= 11 is 5.87. The summed E-state index contributed by atoms with van der Waals surface area (Å²) in [4.78, 5) is 11.1. The van der Waals surface area contributed by atoms with Crippen molar-refractivity contribution in [2.24, 2.45) is 0 Å². The number of carbonyl (C=O) groups is 1. The topological polar surface area (TPSA) is 29.1 Å². The van der Waals surface area contributed by atoms with Crippen molar-refractivity contribution in [2.45, 2.75) is 0 Å². The second kappa shape index (κ2) is 2.35. The van der Waals surface area contributed by atoms with Gasteiger partial charge in [-0.05, 0) is 11.8 Å². The highest BCUT2D eigenvalue weighted by atomic mass is 32.2. The van der Waals surface area contributed by atoms with Crippen LogP contribution in [-0.2, 0) is 4.79 Å². The minimum atomic E-state index is -0.194. The van der Waals surface area contributed by atoms with E-state index in [4.69, 9.17) is 0 Å². The maximum atomic E-state index is 10.7. The molecule has 2 nitrogen and oxygen atoms in total. The third-order valence-corrected chi connectivity index (χ3v) is 1.95. The molecule has 1 aliphatic rings. The van der Waals surface area contributed by atoms with Crippen molar-refractivity contribution in [1.29, 1.82) is 0 Å². The zero-order chi connectivity index (χ0) is 6.85. The molecule has 0 bridgehead atoms. The SMILES string of the molecule is C=C=C1SC(=S)NC1=O. The van der Waals surface area contributed by atoms with Gasteiger partial charge in [-0.1, -0.05) is 18.8 Å². The van der Waals surface area contributed by atoms with E-state index >= 15 is 0 Å². The smallest absolute Gasteiger partial charge is 0.271 e. The van der Waals surface area contributed by atoms with E-state index in [-0.39, 0.29) is 5.91 Å². The zero-order valence-electron chi connectivity index (χ0n) is 4.43. The molecule has 0 atom stereocenters. The van der Waals surface area contributed by atoms with Crippen molar-refractivity contribution in [3.63, 3.8) is 0 Å². The van der Waals surface area contributed by atoms with Crippen LogP contribution in [0.4, 0.5) is 0 Å². The normalized spacial score (nSPS) is 17.6. The zero-order valence-corrected chi connectivity index (χ0v) is 6.06. The Labute approximate surface area is 62.0 Å². The summed E-state index contributed by atoms with van der Waals surface area (Å²) in [7, 11) is 0. The molecule has 1 fully saturated rings. The summed E-state index contributed by atoms with van der Waals surface area (Å²) in [5, 5.41) is 2.43. The Balaban J connectivity index is 2.94. The maximum Gasteiger partial charge on any atom is 0.271 e. The third kappa shape index (κ3) is 1.21. The molecule has 1 heterocycles. The molecule has 1 N–H and O–H groups in total. The number of amides is 1.